The Bertz CT molecular complexity index is 105. The van der Waals surface area contributed by atoms with E-state index in [1.165, 1.54) is 0 Å². The third-order valence-electron chi connectivity index (χ3n) is 0.768. The Hall–Kier alpha value is -0.920. The molecular formula is C6H10N2. The van der Waals surface area contributed by atoms with Crippen LogP contribution in [0.2, 0.25) is 0 Å². The lowest BCUT2D eigenvalue weighted by atomic mass is 10.2. The van der Waals surface area contributed by atoms with E-state index in [4.69, 9.17) is 5.41 Å². The summed E-state index contributed by atoms with van der Waals surface area (Å²) >= 11 is 0. The highest BCUT2D eigenvalue weighted by Crippen LogP contribution is 1.87. The van der Waals surface area contributed by atoms with Crippen molar-refractivity contribution in [2.24, 2.45) is 10.9 Å². The Kier molecular flexibility index (Phi) is 3.76. The summed E-state index contributed by atoms with van der Waals surface area (Å²) in [4.78, 5) is 3.59. The first-order valence-corrected chi connectivity index (χ1v) is 2.46. The van der Waals surface area contributed by atoms with E-state index in [1.54, 1.807) is 12.3 Å². The van der Waals surface area contributed by atoms with Crippen molar-refractivity contribution in [2.75, 3.05) is 0 Å². The number of rotatable bonds is 3. The van der Waals surface area contributed by atoms with Crippen molar-refractivity contribution in [1.29, 1.82) is 5.41 Å². The summed E-state index contributed by atoms with van der Waals surface area (Å²) in [5.41, 5.74) is 0. The number of hydrogen-bond acceptors (Lipinski definition) is 1. The van der Waals surface area contributed by atoms with Gasteiger partial charge in [-0.1, -0.05) is 13.0 Å². The van der Waals surface area contributed by atoms with Crippen LogP contribution in [-0.2, 0) is 0 Å². The van der Waals surface area contributed by atoms with E-state index in [9.17, 15) is 0 Å². The fraction of sp³-hybridized carbons (Fsp3) is 0.333. The van der Waals surface area contributed by atoms with Gasteiger partial charge in [0.05, 0.1) is 0 Å². The molecule has 0 aliphatic rings. The van der Waals surface area contributed by atoms with Gasteiger partial charge in [0.2, 0.25) is 0 Å². The van der Waals surface area contributed by atoms with E-state index in [-0.39, 0.29) is 5.92 Å². The average molecular weight is 110 g/mol. The van der Waals surface area contributed by atoms with E-state index in [0.29, 0.717) is 0 Å². The molecule has 0 amide bonds. The average Bonchev–Trinajstić information content (AvgIpc) is 1.83. The second-order valence-corrected chi connectivity index (χ2v) is 1.52. The molecule has 0 aromatic heterocycles. The quantitative estimate of drug-likeness (QED) is 0.324. The van der Waals surface area contributed by atoms with Crippen LogP contribution >= 0.6 is 0 Å². The largest absolute Gasteiger partial charge is 0.290 e. The van der Waals surface area contributed by atoms with Crippen LogP contribution in [0.1, 0.15) is 6.92 Å². The van der Waals surface area contributed by atoms with Crippen LogP contribution in [0.25, 0.3) is 0 Å². The third-order valence-corrected chi connectivity index (χ3v) is 0.768. The molecule has 1 unspecified atom stereocenters. The Morgan fingerprint density at radius 1 is 1.75 bits per heavy atom. The normalized spacial score (nSPS) is 13.6. The molecule has 2 heteroatoms. The number of nitrogens with zero attached hydrogens (tertiary/aromatic N) is 1. The van der Waals surface area contributed by atoms with Crippen LogP contribution in [0.3, 0.4) is 0 Å². The van der Waals surface area contributed by atoms with Gasteiger partial charge in [-0.05, 0) is 0 Å². The first kappa shape index (κ1) is 7.08. The van der Waals surface area contributed by atoms with Gasteiger partial charge in [-0.15, -0.1) is 6.58 Å². The van der Waals surface area contributed by atoms with Gasteiger partial charge in [0.1, 0.15) is 6.34 Å². The number of nitrogens with one attached hydrogen (secondary N) is 1. The molecule has 44 valence electrons. The molecule has 0 aromatic rings. The van der Waals surface area contributed by atoms with Crippen LogP contribution in [-0.4, -0.2) is 12.6 Å². The summed E-state index contributed by atoms with van der Waals surface area (Å²) in [5.74, 6) is 0.275. The van der Waals surface area contributed by atoms with E-state index >= 15 is 0 Å². The van der Waals surface area contributed by atoms with Crippen molar-refractivity contribution < 1.29 is 0 Å². The predicted molar refractivity (Wildman–Crippen MR) is 36.6 cm³/mol. The molecule has 0 saturated carbocycles. The minimum atomic E-state index is 0.275. The van der Waals surface area contributed by atoms with Crippen molar-refractivity contribution in [3.05, 3.63) is 12.7 Å². The molecule has 0 fully saturated rings. The summed E-state index contributed by atoms with van der Waals surface area (Å²) in [6.45, 7) is 5.51. The number of aliphatic imine (C=N–C) groups is 1. The first-order chi connectivity index (χ1) is 3.81. The van der Waals surface area contributed by atoms with Gasteiger partial charge < -0.3 is 0 Å². The molecule has 0 heterocycles. The molecule has 0 bridgehead atoms. The minimum Gasteiger partial charge on any atom is -0.290 e. The van der Waals surface area contributed by atoms with E-state index in [2.05, 4.69) is 11.6 Å². The fourth-order valence-electron chi connectivity index (χ4n) is 0.240. The Morgan fingerprint density at radius 3 is 2.75 bits per heavy atom. The van der Waals surface area contributed by atoms with Crippen molar-refractivity contribution >= 4 is 12.6 Å². The number of hydrogen-bond donors (Lipinski definition) is 1. The monoisotopic (exact) mass is 110 g/mol. The maximum absolute atomic E-state index is 6.51. The second kappa shape index (κ2) is 4.24. The van der Waals surface area contributed by atoms with Gasteiger partial charge in [-0.2, -0.15) is 0 Å². The Balaban J connectivity index is 3.50. The first-order valence-electron chi connectivity index (χ1n) is 2.46. The summed E-state index contributed by atoms with van der Waals surface area (Å²) in [6, 6.07) is 0. The molecule has 0 rings (SSSR count). The lowest BCUT2D eigenvalue weighted by Gasteiger charge is -1.89. The zero-order chi connectivity index (χ0) is 6.41. The van der Waals surface area contributed by atoms with E-state index < -0.39 is 0 Å². The maximum Gasteiger partial charge on any atom is 0.106 e. The van der Waals surface area contributed by atoms with E-state index in [1.807, 2.05) is 6.92 Å². The lowest BCUT2D eigenvalue weighted by Crippen LogP contribution is -1.88. The van der Waals surface area contributed by atoms with Gasteiger partial charge in [0, 0.05) is 12.1 Å². The van der Waals surface area contributed by atoms with Crippen LogP contribution in [0.5, 0.6) is 0 Å². The highest BCUT2D eigenvalue weighted by atomic mass is 14.7. The van der Waals surface area contributed by atoms with Crippen LogP contribution in [0.4, 0.5) is 0 Å². The topological polar surface area (TPSA) is 36.2 Å². The van der Waals surface area contributed by atoms with Crippen LogP contribution < -0.4 is 0 Å². The summed E-state index contributed by atoms with van der Waals surface area (Å²) in [5, 5.41) is 6.51. The van der Waals surface area contributed by atoms with Gasteiger partial charge in [0.25, 0.3) is 0 Å². The standard InChI is InChI=1S/C6H10N2/c1-3-6(2)4-8-5-7/h3-7H,1H2,2H3. The molecule has 0 saturated heterocycles. The fourth-order valence-corrected chi connectivity index (χ4v) is 0.240. The van der Waals surface area contributed by atoms with Gasteiger partial charge >= 0.3 is 0 Å². The van der Waals surface area contributed by atoms with Crippen LogP contribution in [0.15, 0.2) is 17.6 Å². The molecule has 1 N–H and O–H groups in total. The Labute approximate surface area is 49.5 Å². The molecule has 8 heavy (non-hydrogen) atoms. The smallest absolute Gasteiger partial charge is 0.106 e. The highest BCUT2D eigenvalue weighted by molar-refractivity contribution is 5.73. The van der Waals surface area contributed by atoms with Crippen molar-refractivity contribution in [3.63, 3.8) is 0 Å². The zero-order valence-corrected chi connectivity index (χ0v) is 4.96. The minimum absolute atomic E-state index is 0.275. The van der Waals surface area contributed by atoms with Crippen molar-refractivity contribution in [2.45, 2.75) is 6.92 Å². The SMILES string of the molecule is C=CC(C)C=NC=N. The predicted octanol–water partition coefficient (Wildman–Crippen LogP) is 1.49. The van der Waals surface area contributed by atoms with Gasteiger partial charge in [0.15, 0.2) is 0 Å². The van der Waals surface area contributed by atoms with Crippen molar-refractivity contribution in [3.8, 4) is 0 Å². The molecule has 0 spiro atoms. The van der Waals surface area contributed by atoms with Crippen LogP contribution in [0, 0.1) is 11.3 Å². The molecular weight excluding hydrogens is 100 g/mol. The van der Waals surface area contributed by atoms with E-state index in [0.717, 1.165) is 6.34 Å². The molecule has 2 nitrogen and oxygen atoms in total. The molecule has 0 aliphatic carbocycles. The molecule has 1 atom stereocenters. The third kappa shape index (κ3) is 3.28. The van der Waals surface area contributed by atoms with Crippen molar-refractivity contribution in [1.82, 2.24) is 0 Å². The second-order valence-electron chi connectivity index (χ2n) is 1.52. The van der Waals surface area contributed by atoms with Gasteiger partial charge in [-0.25, -0.2) is 4.99 Å². The molecule has 0 aliphatic heterocycles. The molecule has 0 radical (unpaired) electrons. The summed E-state index contributed by atoms with van der Waals surface area (Å²) in [6.07, 6.45) is 4.45. The summed E-state index contributed by atoms with van der Waals surface area (Å²) in [7, 11) is 0. The van der Waals surface area contributed by atoms with Gasteiger partial charge in [-0.3, -0.25) is 5.41 Å². The Morgan fingerprint density at radius 2 is 2.38 bits per heavy atom. The zero-order valence-electron chi connectivity index (χ0n) is 4.96. The number of allylic oxidation sites excluding steroid dienone is 1. The lowest BCUT2D eigenvalue weighted by molar-refractivity contribution is 1.03. The molecule has 0 aromatic carbocycles. The summed E-state index contributed by atoms with van der Waals surface area (Å²) < 4.78 is 0. The highest BCUT2D eigenvalue weighted by Gasteiger charge is 1.83. The maximum atomic E-state index is 6.51.